The van der Waals surface area contributed by atoms with Gasteiger partial charge in [0.1, 0.15) is 17.3 Å². The van der Waals surface area contributed by atoms with Crippen LogP contribution in [0, 0.1) is 5.82 Å². The molecular weight excluding hydrogens is 409 g/mol. The second-order valence-electron chi connectivity index (χ2n) is 6.75. The minimum Gasteiger partial charge on any atom is -0.508 e. The van der Waals surface area contributed by atoms with Gasteiger partial charge < -0.3 is 10.2 Å². The van der Waals surface area contributed by atoms with E-state index in [9.17, 15) is 24.2 Å². The Morgan fingerprint density at radius 2 is 1.70 bits per heavy atom. The number of amides is 1. The van der Waals surface area contributed by atoms with Crippen molar-refractivity contribution in [3.05, 3.63) is 100 Å². The van der Waals surface area contributed by atoms with E-state index in [2.05, 4.69) is 0 Å². The van der Waals surface area contributed by atoms with Crippen LogP contribution >= 0.6 is 11.6 Å². The number of anilines is 1. The summed E-state index contributed by atoms with van der Waals surface area (Å²) in [6.07, 6.45) is 0. The fraction of sp³-hybridized carbons (Fsp3) is 0.0435. The molecule has 150 valence electrons. The number of ketones is 1. The Bertz CT molecular complexity index is 1210. The first-order chi connectivity index (χ1) is 14.4. The molecule has 4 rings (SSSR count). The van der Waals surface area contributed by atoms with Gasteiger partial charge in [0.25, 0.3) is 11.7 Å². The Labute approximate surface area is 176 Å². The third kappa shape index (κ3) is 3.42. The summed E-state index contributed by atoms with van der Waals surface area (Å²) in [5.74, 6) is -2.93. The SMILES string of the molecule is O=C1C(=O)N(c2cccc(F)c2)C(c2cccc(O)c2)/C1=C(\O)c1cccc(Cl)c1. The Balaban J connectivity index is 1.98. The van der Waals surface area contributed by atoms with Gasteiger partial charge in [-0.15, -0.1) is 0 Å². The maximum Gasteiger partial charge on any atom is 0.300 e. The summed E-state index contributed by atoms with van der Waals surface area (Å²) < 4.78 is 13.9. The molecule has 5 nitrogen and oxygen atoms in total. The molecule has 0 spiro atoms. The highest BCUT2D eigenvalue weighted by Crippen LogP contribution is 2.42. The Morgan fingerprint density at radius 3 is 2.40 bits per heavy atom. The number of aliphatic hydroxyl groups excluding tert-OH is 1. The van der Waals surface area contributed by atoms with Crippen LogP contribution in [0.3, 0.4) is 0 Å². The number of aliphatic hydroxyl groups is 1. The third-order valence-corrected chi connectivity index (χ3v) is 5.05. The fourth-order valence-corrected chi connectivity index (χ4v) is 3.72. The van der Waals surface area contributed by atoms with Gasteiger partial charge in [0.2, 0.25) is 0 Å². The lowest BCUT2D eigenvalue weighted by molar-refractivity contribution is -0.132. The van der Waals surface area contributed by atoms with Gasteiger partial charge in [0.15, 0.2) is 0 Å². The molecule has 0 saturated carbocycles. The molecule has 1 aliphatic rings. The molecule has 1 atom stereocenters. The number of carbonyl (C=O) groups excluding carboxylic acids is 2. The lowest BCUT2D eigenvalue weighted by Crippen LogP contribution is -2.29. The number of phenols is 1. The largest absolute Gasteiger partial charge is 0.508 e. The Kier molecular flexibility index (Phi) is 5.01. The van der Waals surface area contributed by atoms with E-state index in [1.165, 1.54) is 36.4 Å². The number of halogens is 2. The number of hydrogen-bond donors (Lipinski definition) is 2. The number of carbonyl (C=O) groups is 2. The van der Waals surface area contributed by atoms with Crippen LogP contribution in [0.4, 0.5) is 10.1 Å². The van der Waals surface area contributed by atoms with Crippen LogP contribution in [-0.4, -0.2) is 21.9 Å². The van der Waals surface area contributed by atoms with Crippen molar-refractivity contribution in [3.8, 4) is 5.75 Å². The molecule has 2 N–H and O–H groups in total. The van der Waals surface area contributed by atoms with Crippen molar-refractivity contribution in [1.29, 1.82) is 0 Å². The van der Waals surface area contributed by atoms with Crippen LogP contribution in [-0.2, 0) is 9.59 Å². The molecule has 3 aromatic carbocycles. The molecule has 30 heavy (non-hydrogen) atoms. The summed E-state index contributed by atoms with van der Waals surface area (Å²) in [6.45, 7) is 0. The van der Waals surface area contributed by atoms with E-state index < -0.39 is 29.3 Å². The summed E-state index contributed by atoms with van der Waals surface area (Å²) in [7, 11) is 0. The number of rotatable bonds is 3. The average Bonchev–Trinajstić information content (AvgIpc) is 2.98. The zero-order valence-electron chi connectivity index (χ0n) is 15.4. The van der Waals surface area contributed by atoms with Crippen molar-refractivity contribution in [3.63, 3.8) is 0 Å². The van der Waals surface area contributed by atoms with Crippen molar-refractivity contribution < 1.29 is 24.2 Å². The van der Waals surface area contributed by atoms with E-state index >= 15 is 0 Å². The van der Waals surface area contributed by atoms with Crippen LogP contribution in [0.1, 0.15) is 17.2 Å². The molecule has 0 aromatic heterocycles. The Morgan fingerprint density at radius 1 is 0.967 bits per heavy atom. The number of benzene rings is 3. The highest BCUT2D eigenvalue weighted by Gasteiger charge is 2.47. The molecule has 1 saturated heterocycles. The first-order valence-electron chi connectivity index (χ1n) is 8.98. The van der Waals surface area contributed by atoms with Crippen molar-refractivity contribution in [2.24, 2.45) is 0 Å². The molecule has 1 heterocycles. The van der Waals surface area contributed by atoms with E-state index in [1.54, 1.807) is 30.3 Å². The molecule has 1 unspecified atom stereocenters. The van der Waals surface area contributed by atoms with E-state index in [0.29, 0.717) is 10.6 Å². The van der Waals surface area contributed by atoms with E-state index in [0.717, 1.165) is 11.0 Å². The topological polar surface area (TPSA) is 77.8 Å². The van der Waals surface area contributed by atoms with Gasteiger partial charge in [-0.25, -0.2) is 4.39 Å². The number of Topliss-reactive ketones (excluding diaryl/α,β-unsaturated/α-hetero) is 1. The summed E-state index contributed by atoms with van der Waals surface area (Å²) in [6, 6.07) is 16.4. The molecule has 0 bridgehead atoms. The fourth-order valence-electron chi connectivity index (χ4n) is 3.53. The number of aromatic hydroxyl groups is 1. The second kappa shape index (κ2) is 7.65. The van der Waals surface area contributed by atoms with Gasteiger partial charge in [-0.05, 0) is 48.0 Å². The predicted octanol–water partition coefficient (Wildman–Crippen LogP) is 4.81. The van der Waals surface area contributed by atoms with Gasteiger partial charge in [-0.3, -0.25) is 14.5 Å². The average molecular weight is 424 g/mol. The lowest BCUT2D eigenvalue weighted by atomic mass is 9.95. The zero-order chi connectivity index (χ0) is 21.4. The van der Waals surface area contributed by atoms with Gasteiger partial charge in [0, 0.05) is 16.3 Å². The highest BCUT2D eigenvalue weighted by atomic mass is 35.5. The summed E-state index contributed by atoms with van der Waals surface area (Å²) in [4.78, 5) is 27.0. The summed E-state index contributed by atoms with van der Waals surface area (Å²) in [5, 5.41) is 21.2. The van der Waals surface area contributed by atoms with Crippen LogP contribution in [0.5, 0.6) is 5.75 Å². The quantitative estimate of drug-likeness (QED) is 0.360. The molecule has 1 amide bonds. The van der Waals surface area contributed by atoms with Crippen molar-refractivity contribution in [2.45, 2.75) is 6.04 Å². The molecule has 1 fully saturated rings. The first kappa shape index (κ1) is 19.7. The second-order valence-corrected chi connectivity index (χ2v) is 7.19. The van der Waals surface area contributed by atoms with Crippen molar-refractivity contribution in [1.82, 2.24) is 0 Å². The van der Waals surface area contributed by atoms with Crippen LogP contribution < -0.4 is 4.90 Å². The molecule has 1 aliphatic heterocycles. The van der Waals surface area contributed by atoms with Gasteiger partial charge in [-0.1, -0.05) is 41.9 Å². The molecule has 7 heteroatoms. The number of nitrogens with zero attached hydrogens (tertiary/aromatic N) is 1. The maximum absolute atomic E-state index is 13.9. The smallest absolute Gasteiger partial charge is 0.300 e. The van der Waals surface area contributed by atoms with Gasteiger partial charge in [-0.2, -0.15) is 0 Å². The van der Waals surface area contributed by atoms with Crippen molar-refractivity contribution >= 4 is 34.7 Å². The normalized spacial score (nSPS) is 18.1. The molecular formula is C23H15ClFNO4. The van der Waals surface area contributed by atoms with Crippen LogP contribution in [0.15, 0.2) is 78.4 Å². The van der Waals surface area contributed by atoms with Gasteiger partial charge >= 0.3 is 0 Å². The van der Waals surface area contributed by atoms with Gasteiger partial charge in [0.05, 0.1) is 11.6 Å². The van der Waals surface area contributed by atoms with E-state index in [4.69, 9.17) is 11.6 Å². The van der Waals surface area contributed by atoms with Crippen molar-refractivity contribution in [2.75, 3.05) is 4.90 Å². The Hall–Kier alpha value is -3.64. The number of hydrogen-bond acceptors (Lipinski definition) is 4. The minimum atomic E-state index is -1.07. The third-order valence-electron chi connectivity index (χ3n) is 4.81. The standard InChI is InChI=1S/C23H15ClFNO4/c24-15-6-1-5-14(10-15)21(28)19-20(13-4-2-9-18(27)11-13)26(23(30)22(19)29)17-8-3-7-16(25)12-17/h1-12,20,27-28H/b21-19+. The lowest BCUT2D eigenvalue weighted by Gasteiger charge is -2.25. The first-order valence-corrected chi connectivity index (χ1v) is 9.36. The summed E-state index contributed by atoms with van der Waals surface area (Å²) >= 11 is 6.01. The highest BCUT2D eigenvalue weighted by molar-refractivity contribution is 6.51. The number of phenolic OH excluding ortho intramolecular Hbond substituents is 1. The van der Waals surface area contributed by atoms with Crippen LogP contribution in [0.2, 0.25) is 5.02 Å². The van der Waals surface area contributed by atoms with Crippen LogP contribution in [0.25, 0.3) is 5.76 Å². The molecule has 3 aromatic rings. The monoisotopic (exact) mass is 423 g/mol. The van der Waals surface area contributed by atoms with E-state index in [1.807, 2.05) is 0 Å². The van der Waals surface area contributed by atoms with E-state index in [-0.39, 0.29) is 22.6 Å². The zero-order valence-corrected chi connectivity index (χ0v) is 16.2. The molecule has 0 radical (unpaired) electrons. The molecule has 0 aliphatic carbocycles. The minimum absolute atomic E-state index is 0.0833. The summed E-state index contributed by atoms with van der Waals surface area (Å²) in [5.41, 5.74) is 0.597. The maximum atomic E-state index is 13.9. The predicted molar refractivity (Wildman–Crippen MR) is 111 cm³/mol.